The molecule has 4 nitrogen and oxygen atoms in total. The summed E-state index contributed by atoms with van der Waals surface area (Å²) < 4.78 is 23.3. The average molecular weight is 369 g/mol. The number of benzene rings is 2. The van der Waals surface area contributed by atoms with E-state index in [0.717, 1.165) is 11.3 Å². The Kier molecular flexibility index (Phi) is 4.70. The summed E-state index contributed by atoms with van der Waals surface area (Å²) in [5, 5.41) is 8.46. The predicted molar refractivity (Wildman–Crippen MR) is 88.7 cm³/mol. The zero-order chi connectivity index (χ0) is 15.6. The molecule has 1 unspecified atom stereocenters. The van der Waals surface area contributed by atoms with E-state index in [1.807, 2.05) is 13.8 Å². The lowest BCUT2D eigenvalue weighted by Gasteiger charge is -2.17. The molecule has 1 atom stereocenters. The van der Waals surface area contributed by atoms with Gasteiger partial charge in [0.1, 0.15) is 0 Å². The van der Waals surface area contributed by atoms with Crippen LogP contribution in [0, 0.1) is 6.92 Å². The molecule has 6 heteroatoms. The van der Waals surface area contributed by atoms with Crippen LogP contribution in [0.2, 0.25) is 0 Å². The van der Waals surface area contributed by atoms with E-state index in [-0.39, 0.29) is 10.9 Å². The third kappa shape index (κ3) is 4.06. The summed E-state index contributed by atoms with van der Waals surface area (Å²) in [5.41, 5.74) is 3.18. The van der Waals surface area contributed by atoms with Gasteiger partial charge in [0.15, 0.2) is 0 Å². The molecule has 0 aliphatic carbocycles. The topological polar surface area (TPSA) is 72.2 Å². The Balaban J connectivity index is 2.22. The van der Waals surface area contributed by atoms with Gasteiger partial charge in [-0.2, -0.15) is 0 Å². The number of hydrogen-bond acceptors (Lipinski definition) is 3. The molecule has 0 spiro atoms. The highest BCUT2D eigenvalue weighted by Gasteiger charge is 2.12. The summed E-state index contributed by atoms with van der Waals surface area (Å²) >= 11 is 3.37. The Morgan fingerprint density at radius 2 is 1.76 bits per heavy atom. The molecule has 0 aliphatic rings. The van der Waals surface area contributed by atoms with Gasteiger partial charge in [-0.25, -0.2) is 13.6 Å². The summed E-state index contributed by atoms with van der Waals surface area (Å²) in [5.74, 6) is 0. The highest BCUT2D eigenvalue weighted by Crippen LogP contribution is 2.28. The normalized spacial score (nSPS) is 13.0. The zero-order valence-corrected chi connectivity index (χ0v) is 14.2. The summed E-state index contributed by atoms with van der Waals surface area (Å²) in [6, 6.07) is 13.1. The van der Waals surface area contributed by atoms with Gasteiger partial charge in [-0.3, -0.25) is 0 Å². The number of sulfonamides is 1. The monoisotopic (exact) mass is 368 g/mol. The van der Waals surface area contributed by atoms with E-state index in [9.17, 15) is 8.42 Å². The van der Waals surface area contributed by atoms with E-state index in [1.54, 1.807) is 6.07 Å². The molecule has 0 fully saturated rings. The van der Waals surface area contributed by atoms with Gasteiger partial charge in [-0.05, 0) is 53.5 Å². The molecule has 0 aromatic heterocycles. The number of nitrogens with two attached hydrogens (primary N) is 1. The average Bonchev–Trinajstić information content (AvgIpc) is 2.40. The molecule has 0 saturated carbocycles. The molecule has 2 aromatic carbocycles. The van der Waals surface area contributed by atoms with Gasteiger partial charge in [-0.15, -0.1) is 0 Å². The minimum Gasteiger partial charge on any atom is -0.378 e. The van der Waals surface area contributed by atoms with Gasteiger partial charge in [0.2, 0.25) is 10.0 Å². The van der Waals surface area contributed by atoms with Crippen molar-refractivity contribution in [2.24, 2.45) is 5.14 Å². The highest BCUT2D eigenvalue weighted by molar-refractivity contribution is 9.10. The van der Waals surface area contributed by atoms with Gasteiger partial charge in [0, 0.05) is 16.2 Å². The second-order valence-corrected chi connectivity index (χ2v) is 7.38. The van der Waals surface area contributed by atoms with Crippen LogP contribution in [0.3, 0.4) is 0 Å². The SMILES string of the molecule is Cc1ccc(C(C)Nc2ccc(S(N)(=O)=O)cc2Br)cc1. The molecule has 2 rings (SSSR count). The summed E-state index contributed by atoms with van der Waals surface area (Å²) in [7, 11) is -3.69. The third-order valence-electron chi connectivity index (χ3n) is 3.22. The largest absolute Gasteiger partial charge is 0.378 e. The lowest BCUT2D eigenvalue weighted by molar-refractivity contribution is 0.598. The number of rotatable bonds is 4. The maximum Gasteiger partial charge on any atom is 0.238 e. The van der Waals surface area contributed by atoms with Crippen LogP contribution in [0.5, 0.6) is 0 Å². The number of aryl methyl sites for hydroxylation is 1. The van der Waals surface area contributed by atoms with E-state index in [2.05, 4.69) is 45.5 Å². The van der Waals surface area contributed by atoms with Crippen LogP contribution in [0.1, 0.15) is 24.1 Å². The first kappa shape index (κ1) is 16.0. The summed E-state index contributed by atoms with van der Waals surface area (Å²) in [4.78, 5) is 0.0860. The van der Waals surface area contributed by atoms with Gasteiger partial charge >= 0.3 is 0 Å². The van der Waals surface area contributed by atoms with E-state index >= 15 is 0 Å². The minimum absolute atomic E-state index is 0.0860. The van der Waals surface area contributed by atoms with Gasteiger partial charge < -0.3 is 5.32 Å². The first-order chi connectivity index (χ1) is 9.77. The standard InChI is InChI=1S/C15H17BrN2O2S/c1-10-3-5-12(6-4-10)11(2)18-15-8-7-13(9-14(15)16)21(17,19)20/h3-9,11,18H,1-2H3,(H2,17,19,20). The fourth-order valence-corrected chi connectivity index (χ4v) is 3.15. The van der Waals surface area contributed by atoms with Crippen molar-refractivity contribution in [3.05, 3.63) is 58.1 Å². The molecular weight excluding hydrogens is 352 g/mol. The van der Waals surface area contributed by atoms with Gasteiger partial charge in [0.05, 0.1) is 4.90 Å². The van der Waals surface area contributed by atoms with Crippen LogP contribution in [0.4, 0.5) is 5.69 Å². The Bertz CT molecular complexity index is 743. The van der Waals surface area contributed by atoms with Gasteiger partial charge in [0.25, 0.3) is 0 Å². The molecular formula is C15H17BrN2O2S. The van der Waals surface area contributed by atoms with Crippen molar-refractivity contribution >= 4 is 31.6 Å². The van der Waals surface area contributed by atoms with E-state index < -0.39 is 10.0 Å². The molecule has 0 aliphatic heterocycles. The quantitative estimate of drug-likeness (QED) is 0.865. The third-order valence-corrected chi connectivity index (χ3v) is 4.79. The minimum atomic E-state index is -3.69. The van der Waals surface area contributed by atoms with Crippen LogP contribution >= 0.6 is 15.9 Å². The molecule has 0 bridgehead atoms. The number of hydrogen-bond donors (Lipinski definition) is 2. The number of nitrogens with one attached hydrogen (secondary N) is 1. The molecule has 21 heavy (non-hydrogen) atoms. The smallest absolute Gasteiger partial charge is 0.238 e. The van der Waals surface area contributed by atoms with Crippen molar-refractivity contribution in [1.29, 1.82) is 0 Å². The maximum absolute atomic E-state index is 11.3. The Hall–Kier alpha value is -1.37. The lowest BCUT2D eigenvalue weighted by Crippen LogP contribution is -2.12. The molecule has 0 radical (unpaired) electrons. The fraction of sp³-hybridized carbons (Fsp3) is 0.200. The highest BCUT2D eigenvalue weighted by atomic mass is 79.9. The first-order valence-corrected chi connectivity index (χ1v) is 8.77. The van der Waals surface area contributed by atoms with Crippen molar-refractivity contribution < 1.29 is 8.42 Å². The number of halogens is 1. The second-order valence-electron chi connectivity index (χ2n) is 4.96. The lowest BCUT2D eigenvalue weighted by atomic mass is 10.1. The maximum atomic E-state index is 11.3. The van der Waals surface area contributed by atoms with Crippen LogP contribution < -0.4 is 10.5 Å². The van der Waals surface area contributed by atoms with Crippen LogP contribution in [-0.4, -0.2) is 8.42 Å². The van der Waals surface area contributed by atoms with Crippen LogP contribution in [0.15, 0.2) is 51.8 Å². The molecule has 0 saturated heterocycles. The number of primary sulfonamides is 1. The van der Waals surface area contributed by atoms with Crippen molar-refractivity contribution in [1.82, 2.24) is 0 Å². The van der Waals surface area contributed by atoms with Crippen molar-refractivity contribution in [3.8, 4) is 0 Å². The van der Waals surface area contributed by atoms with E-state index in [4.69, 9.17) is 5.14 Å². The second kappa shape index (κ2) is 6.17. The van der Waals surface area contributed by atoms with Crippen LogP contribution in [0.25, 0.3) is 0 Å². The molecule has 0 heterocycles. The Morgan fingerprint density at radius 3 is 2.29 bits per heavy atom. The summed E-state index contributed by atoms with van der Waals surface area (Å²) in [6.45, 7) is 4.09. The Morgan fingerprint density at radius 1 is 1.14 bits per heavy atom. The molecule has 112 valence electrons. The van der Waals surface area contributed by atoms with Crippen molar-refractivity contribution in [2.45, 2.75) is 24.8 Å². The van der Waals surface area contributed by atoms with E-state index in [0.29, 0.717) is 4.47 Å². The summed E-state index contributed by atoms with van der Waals surface area (Å²) in [6.07, 6.45) is 0. The van der Waals surface area contributed by atoms with Crippen molar-refractivity contribution in [3.63, 3.8) is 0 Å². The van der Waals surface area contributed by atoms with Gasteiger partial charge in [-0.1, -0.05) is 29.8 Å². The Labute approximate surface area is 133 Å². The zero-order valence-electron chi connectivity index (χ0n) is 11.8. The molecule has 0 amide bonds. The van der Waals surface area contributed by atoms with E-state index in [1.165, 1.54) is 17.7 Å². The first-order valence-electron chi connectivity index (χ1n) is 6.43. The molecule has 3 N–H and O–H groups in total. The number of anilines is 1. The molecule has 2 aromatic rings. The predicted octanol–water partition coefficient (Wildman–Crippen LogP) is 3.58. The fourth-order valence-electron chi connectivity index (χ4n) is 1.96. The van der Waals surface area contributed by atoms with Crippen molar-refractivity contribution in [2.75, 3.05) is 5.32 Å². The van der Waals surface area contributed by atoms with Crippen LogP contribution in [-0.2, 0) is 10.0 Å².